The van der Waals surface area contributed by atoms with Crippen molar-refractivity contribution in [1.29, 1.82) is 0 Å². The van der Waals surface area contributed by atoms with E-state index < -0.39 is 17.5 Å². The molecule has 0 spiro atoms. The fraction of sp³-hybridized carbons (Fsp3) is 0.586. The van der Waals surface area contributed by atoms with E-state index in [-0.39, 0.29) is 23.6 Å². The lowest BCUT2D eigenvalue weighted by Gasteiger charge is -2.36. The summed E-state index contributed by atoms with van der Waals surface area (Å²) in [6.07, 6.45) is 6.48. The first-order valence-corrected chi connectivity index (χ1v) is 14.4. The average Bonchev–Trinajstić information content (AvgIpc) is 3.55. The van der Waals surface area contributed by atoms with Gasteiger partial charge in [0.25, 0.3) is 0 Å². The van der Waals surface area contributed by atoms with Crippen molar-refractivity contribution in [3.63, 3.8) is 0 Å². The summed E-state index contributed by atoms with van der Waals surface area (Å²) in [5.41, 5.74) is 4.52. The molecule has 1 aliphatic carbocycles. The molecule has 2 atom stereocenters. The van der Waals surface area contributed by atoms with Crippen LogP contribution in [0.2, 0.25) is 0 Å². The quantitative estimate of drug-likeness (QED) is 0.542. The highest BCUT2D eigenvalue weighted by Gasteiger charge is 2.42. The van der Waals surface area contributed by atoms with Crippen molar-refractivity contribution in [2.45, 2.75) is 91.3 Å². The molecule has 4 rings (SSSR count). The normalized spacial score (nSPS) is 19.5. The molecule has 2 aliphatic rings. The Hall–Kier alpha value is -2.74. The van der Waals surface area contributed by atoms with Crippen molar-refractivity contribution in [3.8, 4) is 10.4 Å². The summed E-state index contributed by atoms with van der Waals surface area (Å²) < 4.78 is 0. The van der Waals surface area contributed by atoms with Gasteiger partial charge in [-0.15, -0.1) is 11.3 Å². The number of hydrogen-bond acceptors (Lipinski definition) is 5. The van der Waals surface area contributed by atoms with Gasteiger partial charge in [-0.1, -0.05) is 64.3 Å². The summed E-state index contributed by atoms with van der Waals surface area (Å²) in [4.78, 5) is 47.0. The molecule has 0 radical (unpaired) electrons. The molecular formula is C29H40N4O3S. The van der Waals surface area contributed by atoms with Gasteiger partial charge in [-0.05, 0) is 49.1 Å². The summed E-state index contributed by atoms with van der Waals surface area (Å²) >= 11 is 1.62. The van der Waals surface area contributed by atoms with E-state index in [1.807, 2.05) is 45.3 Å². The van der Waals surface area contributed by atoms with Gasteiger partial charge >= 0.3 is 0 Å². The first-order chi connectivity index (χ1) is 17.6. The molecule has 200 valence electrons. The molecule has 2 heterocycles. The minimum atomic E-state index is -0.655. The van der Waals surface area contributed by atoms with Gasteiger partial charge < -0.3 is 15.5 Å². The summed E-state index contributed by atoms with van der Waals surface area (Å²) in [5.74, 6) is -0.335. The van der Waals surface area contributed by atoms with Gasteiger partial charge in [0.05, 0.1) is 16.1 Å². The molecule has 0 bridgehead atoms. The Labute approximate surface area is 224 Å². The SMILES string of the molecule is Cc1ncsc1-c1ccc(CNC(=O)[C@@H]2CCCN2C(=O)C(NC(=O)C2CCCCC2)C(C)(C)C)cc1. The van der Waals surface area contributed by atoms with Crippen LogP contribution in [0.4, 0.5) is 0 Å². The molecule has 37 heavy (non-hydrogen) atoms. The zero-order valence-electron chi connectivity index (χ0n) is 22.5. The molecular weight excluding hydrogens is 484 g/mol. The van der Waals surface area contributed by atoms with Crippen molar-refractivity contribution in [1.82, 2.24) is 20.5 Å². The zero-order valence-corrected chi connectivity index (χ0v) is 23.3. The standard InChI is InChI=1S/C29H40N4O3S/c1-19-24(37-18-31-19)21-14-12-20(13-15-21)17-30-27(35)23-11-8-16-33(23)28(36)25(29(2,3)4)32-26(34)22-9-6-5-7-10-22/h12-15,18,22-23,25H,5-11,16-17H2,1-4H3,(H,30,35)(H,32,34)/t23-,25?/m0/s1. The van der Waals surface area contributed by atoms with Crippen LogP contribution in [-0.4, -0.2) is 46.2 Å². The van der Waals surface area contributed by atoms with Crippen molar-refractivity contribution in [2.75, 3.05) is 6.54 Å². The van der Waals surface area contributed by atoms with Gasteiger partial charge in [-0.3, -0.25) is 14.4 Å². The van der Waals surface area contributed by atoms with Gasteiger partial charge in [-0.25, -0.2) is 4.98 Å². The molecule has 8 heteroatoms. The molecule has 1 aromatic carbocycles. The van der Waals surface area contributed by atoms with Crippen molar-refractivity contribution in [3.05, 3.63) is 41.0 Å². The highest BCUT2D eigenvalue weighted by molar-refractivity contribution is 7.13. The number of aryl methyl sites for hydroxylation is 1. The van der Waals surface area contributed by atoms with E-state index in [4.69, 9.17) is 0 Å². The van der Waals surface area contributed by atoms with E-state index in [0.29, 0.717) is 19.5 Å². The number of aromatic nitrogens is 1. The maximum atomic E-state index is 13.7. The van der Waals surface area contributed by atoms with Gasteiger partial charge in [0.2, 0.25) is 17.7 Å². The van der Waals surface area contributed by atoms with Gasteiger partial charge in [0, 0.05) is 19.0 Å². The highest BCUT2D eigenvalue weighted by Crippen LogP contribution is 2.29. The van der Waals surface area contributed by atoms with Crippen LogP contribution in [0.3, 0.4) is 0 Å². The zero-order chi connectivity index (χ0) is 26.6. The van der Waals surface area contributed by atoms with Gasteiger partial charge in [0.1, 0.15) is 12.1 Å². The number of hydrogen-bond donors (Lipinski definition) is 2. The minimum Gasteiger partial charge on any atom is -0.350 e. The Balaban J connectivity index is 1.38. The third-order valence-corrected chi connectivity index (χ3v) is 8.62. The van der Waals surface area contributed by atoms with Crippen LogP contribution in [0.25, 0.3) is 10.4 Å². The maximum Gasteiger partial charge on any atom is 0.246 e. The molecule has 1 aromatic heterocycles. The Morgan fingerprint density at radius 1 is 1.03 bits per heavy atom. The Kier molecular flexibility index (Phi) is 8.67. The molecule has 3 amide bonds. The number of carbonyl (C=O) groups is 3. The lowest BCUT2D eigenvalue weighted by Crippen LogP contribution is -2.58. The largest absolute Gasteiger partial charge is 0.350 e. The molecule has 2 N–H and O–H groups in total. The van der Waals surface area contributed by atoms with Gasteiger partial charge in [-0.2, -0.15) is 0 Å². The number of rotatable bonds is 7. The summed E-state index contributed by atoms with van der Waals surface area (Å²) in [6, 6.07) is 6.97. The Bertz CT molecular complexity index is 1100. The van der Waals surface area contributed by atoms with Gasteiger partial charge in [0.15, 0.2) is 0 Å². The van der Waals surface area contributed by atoms with Crippen LogP contribution in [0.5, 0.6) is 0 Å². The first kappa shape index (κ1) is 27.3. The number of thiazole rings is 1. The number of benzene rings is 1. The second-order valence-corrected chi connectivity index (χ2v) is 12.4. The molecule has 1 saturated heterocycles. The van der Waals surface area contributed by atoms with E-state index in [1.54, 1.807) is 16.2 Å². The topological polar surface area (TPSA) is 91.4 Å². The fourth-order valence-corrected chi connectivity index (χ4v) is 6.21. The minimum absolute atomic E-state index is 0.0181. The monoisotopic (exact) mass is 524 g/mol. The predicted octanol–water partition coefficient (Wildman–Crippen LogP) is 4.84. The van der Waals surface area contributed by atoms with E-state index in [2.05, 4.69) is 27.8 Å². The predicted molar refractivity (Wildman–Crippen MR) is 147 cm³/mol. The first-order valence-electron chi connectivity index (χ1n) is 13.5. The van der Waals surface area contributed by atoms with E-state index in [9.17, 15) is 14.4 Å². The third-order valence-electron chi connectivity index (χ3n) is 7.64. The molecule has 2 aromatic rings. The second-order valence-electron chi connectivity index (χ2n) is 11.5. The molecule has 7 nitrogen and oxygen atoms in total. The molecule has 1 unspecified atom stereocenters. The number of likely N-dealkylation sites (tertiary alicyclic amines) is 1. The van der Waals surface area contributed by atoms with E-state index in [0.717, 1.165) is 53.8 Å². The molecule has 2 fully saturated rings. The average molecular weight is 525 g/mol. The van der Waals surface area contributed by atoms with E-state index >= 15 is 0 Å². The Morgan fingerprint density at radius 2 is 1.73 bits per heavy atom. The van der Waals surface area contributed by atoms with Crippen LogP contribution in [0, 0.1) is 18.3 Å². The lowest BCUT2D eigenvalue weighted by molar-refractivity contribution is -0.144. The number of amides is 3. The third kappa shape index (κ3) is 6.58. The van der Waals surface area contributed by atoms with Crippen LogP contribution < -0.4 is 10.6 Å². The van der Waals surface area contributed by atoms with Crippen molar-refractivity contribution in [2.24, 2.45) is 11.3 Å². The Morgan fingerprint density at radius 3 is 2.35 bits per heavy atom. The smallest absolute Gasteiger partial charge is 0.246 e. The van der Waals surface area contributed by atoms with Crippen LogP contribution >= 0.6 is 11.3 Å². The van der Waals surface area contributed by atoms with Crippen molar-refractivity contribution >= 4 is 29.1 Å². The lowest BCUT2D eigenvalue weighted by atomic mass is 9.83. The van der Waals surface area contributed by atoms with Crippen LogP contribution in [0.15, 0.2) is 29.8 Å². The number of carbonyl (C=O) groups excluding carboxylic acids is 3. The van der Waals surface area contributed by atoms with Crippen LogP contribution in [0.1, 0.15) is 77.0 Å². The van der Waals surface area contributed by atoms with Crippen molar-refractivity contribution < 1.29 is 14.4 Å². The van der Waals surface area contributed by atoms with Crippen LogP contribution in [-0.2, 0) is 20.9 Å². The summed E-state index contributed by atoms with van der Waals surface area (Å²) in [5, 5.41) is 6.11. The summed E-state index contributed by atoms with van der Waals surface area (Å²) in [7, 11) is 0. The fourth-order valence-electron chi connectivity index (χ4n) is 5.40. The number of nitrogens with zero attached hydrogens (tertiary/aromatic N) is 2. The number of nitrogens with one attached hydrogen (secondary N) is 2. The summed E-state index contributed by atoms with van der Waals surface area (Å²) in [6.45, 7) is 8.85. The maximum absolute atomic E-state index is 13.7. The molecule has 1 saturated carbocycles. The van der Waals surface area contributed by atoms with E-state index in [1.165, 1.54) is 6.42 Å². The second kappa shape index (κ2) is 11.8. The molecule has 1 aliphatic heterocycles. The highest BCUT2D eigenvalue weighted by atomic mass is 32.1.